The van der Waals surface area contributed by atoms with Crippen molar-refractivity contribution < 1.29 is 82.2 Å². The van der Waals surface area contributed by atoms with Crippen molar-refractivity contribution in [2.24, 2.45) is 69.0 Å². The molecular formula is C105H146N4O17S4. The van der Waals surface area contributed by atoms with Crippen molar-refractivity contribution in [1.82, 2.24) is 0 Å². The summed E-state index contributed by atoms with van der Waals surface area (Å²) in [6.07, 6.45) is 25.5. The summed E-state index contributed by atoms with van der Waals surface area (Å²) < 4.78 is 27.1. The van der Waals surface area contributed by atoms with Gasteiger partial charge in [-0.25, -0.2) is 19.2 Å². The van der Waals surface area contributed by atoms with Crippen molar-refractivity contribution in [3.8, 4) is 47.4 Å². The lowest BCUT2D eigenvalue weighted by molar-refractivity contribution is -0.179. The number of aromatic carboxylic acids is 1. The average molecular weight is 1860 g/mol. The molecule has 4 amide bonds. The highest BCUT2D eigenvalue weighted by Gasteiger charge is 2.47. The third-order valence-corrected chi connectivity index (χ3v) is 30.8. The quantitative estimate of drug-likeness (QED) is 0.0534. The van der Waals surface area contributed by atoms with Gasteiger partial charge >= 0.3 is 23.9 Å². The summed E-state index contributed by atoms with van der Waals surface area (Å²) in [4.78, 5) is 130. The molecule has 8 saturated carbocycles. The Morgan fingerprint density at radius 1 is 0.354 bits per heavy atom. The lowest BCUT2D eigenvalue weighted by Crippen LogP contribution is -2.49. The minimum atomic E-state index is -1.02. The van der Waals surface area contributed by atoms with Gasteiger partial charge in [0.25, 0.3) is 0 Å². The van der Waals surface area contributed by atoms with Gasteiger partial charge in [-0.05, 0) is 311 Å². The number of nitrogens with zero attached hydrogens (tertiary/aromatic N) is 4. The molecule has 25 heteroatoms. The molecule has 3 N–H and O–H groups in total. The zero-order valence-corrected chi connectivity index (χ0v) is 84.2. The minimum absolute atomic E-state index is 0.0123. The van der Waals surface area contributed by atoms with E-state index in [1.807, 2.05) is 95.2 Å². The van der Waals surface area contributed by atoms with Crippen molar-refractivity contribution in [2.75, 3.05) is 54.1 Å². The number of carbonyl (C=O) groups excluding carboxylic acids is 8. The predicted molar refractivity (Wildman–Crippen MR) is 519 cm³/mol. The van der Waals surface area contributed by atoms with Crippen molar-refractivity contribution in [3.05, 3.63) is 63.3 Å². The lowest BCUT2D eigenvalue weighted by atomic mass is 9.81. The van der Waals surface area contributed by atoms with Crippen LogP contribution in [0.3, 0.4) is 0 Å². The van der Waals surface area contributed by atoms with Gasteiger partial charge in [0.05, 0.1) is 89.0 Å². The number of ether oxygens (including phenoxy) is 5. The number of hydrogen-bond donors (Lipinski definition) is 3. The first-order valence-electron chi connectivity index (χ1n) is 48.0. The molecule has 1 saturated heterocycles. The third kappa shape index (κ3) is 29.4. The number of Topliss-reactive ketones (excluding diaryl/α,β-unsaturated/α-hetero) is 1. The van der Waals surface area contributed by atoms with Gasteiger partial charge in [0.2, 0.25) is 23.6 Å². The number of carbonyl (C=O) groups is 9. The maximum atomic E-state index is 14.1. The van der Waals surface area contributed by atoms with Gasteiger partial charge in [-0.3, -0.25) is 24.0 Å². The average Bonchev–Trinajstić information content (AvgIpc) is 1.62. The number of rotatable bonds is 16. The number of amides is 4. The first kappa shape index (κ1) is 104. The van der Waals surface area contributed by atoms with Crippen molar-refractivity contribution in [2.45, 2.75) is 358 Å². The summed E-state index contributed by atoms with van der Waals surface area (Å²) in [6, 6.07) is 7.29. The molecule has 9 fully saturated rings. The van der Waals surface area contributed by atoms with Crippen LogP contribution in [0.1, 0.15) is 374 Å². The zero-order chi connectivity index (χ0) is 94.9. The van der Waals surface area contributed by atoms with Crippen LogP contribution >= 0.6 is 45.3 Å². The largest absolute Gasteiger partial charge is 0.477 e. The van der Waals surface area contributed by atoms with Crippen LogP contribution in [-0.2, 0) is 47.7 Å². The number of esters is 3. The number of thiophene rings is 4. The van der Waals surface area contributed by atoms with Gasteiger partial charge in [-0.15, -0.1) is 45.3 Å². The normalized spacial score (nSPS) is 24.8. The molecule has 712 valence electrons. The summed E-state index contributed by atoms with van der Waals surface area (Å²) in [6.45, 7) is 34.7. The monoisotopic (exact) mass is 1860 g/mol. The number of methoxy groups -OCH3 is 3. The van der Waals surface area contributed by atoms with Crippen LogP contribution in [0.5, 0.6) is 0 Å². The Morgan fingerprint density at radius 2 is 0.585 bits per heavy atom. The van der Waals surface area contributed by atoms with E-state index in [-0.39, 0.29) is 116 Å². The maximum absolute atomic E-state index is 14.1. The molecule has 0 bridgehead atoms. The molecule has 0 unspecified atom stereocenters. The topological polar surface area (TPSA) is 273 Å². The smallest absolute Gasteiger partial charge is 0.350 e. The first-order valence-corrected chi connectivity index (χ1v) is 51.2. The number of carboxylic acid groups (broad SMARTS) is 1. The Morgan fingerprint density at radius 3 is 0.823 bits per heavy atom. The van der Waals surface area contributed by atoms with Gasteiger partial charge < -0.3 is 58.6 Å². The van der Waals surface area contributed by atoms with Gasteiger partial charge in [-0.1, -0.05) is 75.1 Å². The molecule has 4 aromatic rings. The number of carboxylic acids is 1. The SMILES string of the molecule is CC1CCC(C(=O)N(c2cc(C#CC(C)(C)C)sc2C(=O)O)C2CCC(O)CC2)CC1.COC(=O)c1sc(C#CC(C)(C)C)cc1N(C(=O)C1CCC(C)CC1)C1CCC(=O)CC1.COC(=O)c1sc(C#CC(C)(C)C)cc1N(C(=O)C1CCC(C)CC1)C1CCC(O)CC1.COC(=O)c1sc(C#CC(C)(C)C)cc1N(C(=O)C1CCC(C)CC1)C1CCC2(CC1)OCCO2. The van der Waals surface area contributed by atoms with E-state index < -0.39 is 29.7 Å². The molecule has 0 aromatic carbocycles. The molecule has 1 spiro atoms. The summed E-state index contributed by atoms with van der Waals surface area (Å²) in [7, 11) is 4.12. The molecule has 5 heterocycles. The van der Waals surface area contributed by atoms with Crippen molar-refractivity contribution >= 4 is 121 Å². The molecule has 4 aromatic heterocycles. The Kier molecular flexibility index (Phi) is 37.3. The number of ketones is 1. The first-order chi connectivity index (χ1) is 61.3. The highest BCUT2D eigenvalue weighted by molar-refractivity contribution is 7.16. The molecule has 1 aliphatic heterocycles. The summed E-state index contributed by atoms with van der Waals surface area (Å²) >= 11 is 5.05. The molecular weight excluding hydrogens is 1720 g/mol. The van der Waals surface area contributed by atoms with E-state index in [9.17, 15) is 58.5 Å². The Hall–Kier alpha value is -7.69. The van der Waals surface area contributed by atoms with Crippen LogP contribution < -0.4 is 19.6 Å². The predicted octanol–water partition coefficient (Wildman–Crippen LogP) is 22.1. The second-order valence-corrected chi connectivity index (χ2v) is 46.5. The Bertz CT molecular complexity index is 4820. The fourth-order valence-electron chi connectivity index (χ4n) is 19.1. The summed E-state index contributed by atoms with van der Waals surface area (Å²) in [5, 5.41) is 29.9. The standard InChI is InChI=1S/C28H39NO5S.C26H37NO4S.C26H35NO4S.C25H35NO4S/c1-19-6-8-20(9-7-19)25(30)29(21-10-14-28(15-11-21)33-16-17-34-28)23-18-22(12-13-27(2,3)4)35-24(23)26(31)32-5;2*1-17-6-8-18(9-7-17)24(29)27(19-10-12-20(28)13-11-19)22-16-21(14-15-26(2,3)4)32-23(22)25(30)31-5;1-16-5-7-17(8-6-16)23(28)26(18-9-11-19(27)12-10-18)21-15-20(13-14-25(2,3)4)31-22(21)24(29)30/h18-21H,6-11,14-17H2,1-5H3;16-20,28H,6-13H2,1-5H3;16-19H,6-13H2,1-5H3;15-19,27H,5-12H2,1-4H3,(H,29,30). The zero-order valence-electron chi connectivity index (χ0n) is 80.9. The van der Waals surface area contributed by atoms with E-state index in [0.29, 0.717) is 143 Å². The number of aliphatic hydroxyl groups excluding tert-OH is 2. The van der Waals surface area contributed by atoms with Gasteiger partial charge in [-0.2, -0.15) is 0 Å². The van der Waals surface area contributed by atoms with Gasteiger partial charge in [0, 0.05) is 95.2 Å². The molecule has 13 rings (SSSR count). The Balaban J connectivity index is 0.000000180. The van der Waals surface area contributed by atoms with Crippen LogP contribution in [-0.4, -0.2) is 145 Å². The summed E-state index contributed by atoms with van der Waals surface area (Å²) in [5.74, 6) is 25.8. The maximum Gasteiger partial charge on any atom is 0.350 e. The van der Waals surface area contributed by atoms with Crippen molar-refractivity contribution in [3.63, 3.8) is 0 Å². The molecule has 0 atom stereocenters. The number of hydrogen-bond acceptors (Lipinski definition) is 20. The van der Waals surface area contributed by atoms with E-state index in [2.05, 4.69) is 95.8 Å². The number of anilines is 4. The molecule has 8 aliphatic carbocycles. The molecule has 9 aliphatic rings. The summed E-state index contributed by atoms with van der Waals surface area (Å²) in [5.41, 5.74) is 1.67. The van der Waals surface area contributed by atoms with Crippen LogP contribution in [0, 0.1) is 116 Å². The van der Waals surface area contributed by atoms with E-state index in [0.717, 1.165) is 167 Å². The van der Waals surface area contributed by atoms with Gasteiger partial charge in [0.1, 0.15) is 25.3 Å². The lowest BCUT2D eigenvalue weighted by Gasteiger charge is -2.42. The number of aliphatic hydroxyl groups is 2. The van der Waals surface area contributed by atoms with Gasteiger partial charge in [0.15, 0.2) is 5.79 Å². The van der Waals surface area contributed by atoms with Crippen LogP contribution in [0.4, 0.5) is 22.7 Å². The second kappa shape index (κ2) is 46.5. The van der Waals surface area contributed by atoms with Crippen LogP contribution in [0.15, 0.2) is 24.3 Å². The highest BCUT2D eigenvalue weighted by Crippen LogP contribution is 2.47. The highest BCUT2D eigenvalue weighted by atomic mass is 32.1. The molecule has 21 nitrogen and oxygen atoms in total. The van der Waals surface area contributed by atoms with Crippen molar-refractivity contribution in [1.29, 1.82) is 0 Å². The second-order valence-electron chi connectivity index (χ2n) is 42.3. The molecule has 0 radical (unpaired) electrons. The van der Waals surface area contributed by atoms with Crippen LogP contribution in [0.25, 0.3) is 0 Å². The van der Waals surface area contributed by atoms with E-state index in [1.54, 1.807) is 11.0 Å². The van der Waals surface area contributed by atoms with E-state index >= 15 is 0 Å². The molecule has 130 heavy (non-hydrogen) atoms. The van der Waals surface area contributed by atoms with Crippen LogP contribution in [0.2, 0.25) is 0 Å². The fraction of sp³-hybridized carbons (Fsp3) is 0.686. The van der Waals surface area contributed by atoms with E-state index in [4.69, 9.17) is 23.7 Å². The van der Waals surface area contributed by atoms with E-state index in [1.165, 1.54) is 55.3 Å². The third-order valence-electron chi connectivity index (χ3n) is 26.7. The fourth-order valence-corrected chi connectivity index (χ4v) is 22.7. The minimum Gasteiger partial charge on any atom is -0.477 e. The Labute approximate surface area is 790 Å².